The summed E-state index contributed by atoms with van der Waals surface area (Å²) in [4.78, 5) is 5.25. The fourth-order valence-corrected chi connectivity index (χ4v) is 2.15. The maximum atomic E-state index is 6.04. The Balaban J connectivity index is 2.28. The Morgan fingerprint density at radius 1 is 1.36 bits per heavy atom. The number of nitrogens with zero attached hydrogens (tertiary/aromatic N) is 2. The van der Waals surface area contributed by atoms with E-state index in [2.05, 4.69) is 4.98 Å². The van der Waals surface area contributed by atoms with Gasteiger partial charge in [0.15, 0.2) is 5.16 Å². The fourth-order valence-electron chi connectivity index (χ4n) is 1.08. The minimum atomic E-state index is 0.764. The lowest BCUT2D eigenvalue weighted by atomic mass is 10.4. The van der Waals surface area contributed by atoms with Crippen molar-refractivity contribution in [1.82, 2.24) is 9.55 Å². The van der Waals surface area contributed by atoms with Crippen molar-refractivity contribution in [3.05, 3.63) is 41.7 Å². The van der Waals surface area contributed by atoms with Crippen LogP contribution in [0.3, 0.4) is 0 Å². The van der Waals surface area contributed by atoms with E-state index < -0.39 is 0 Å². The van der Waals surface area contributed by atoms with E-state index in [0.717, 1.165) is 15.1 Å². The molecule has 72 valence electrons. The standard InChI is InChI=1S/C10H9ClN2S/c1-13-7-6-12-10(13)14-9-5-3-2-4-8(9)11/h2-7H,1H3. The van der Waals surface area contributed by atoms with E-state index in [-0.39, 0.29) is 0 Å². The van der Waals surface area contributed by atoms with Crippen LogP contribution in [0.15, 0.2) is 46.7 Å². The Kier molecular flexibility index (Phi) is 2.79. The number of aromatic nitrogens is 2. The first-order valence-electron chi connectivity index (χ1n) is 4.17. The van der Waals surface area contributed by atoms with Gasteiger partial charge < -0.3 is 4.57 Å². The summed E-state index contributed by atoms with van der Waals surface area (Å²) < 4.78 is 1.97. The van der Waals surface area contributed by atoms with Crippen molar-refractivity contribution in [3.8, 4) is 0 Å². The van der Waals surface area contributed by atoms with Gasteiger partial charge in [-0.3, -0.25) is 0 Å². The summed E-state index contributed by atoms with van der Waals surface area (Å²) in [6.07, 6.45) is 3.69. The van der Waals surface area contributed by atoms with Crippen LogP contribution >= 0.6 is 23.4 Å². The second-order valence-corrected chi connectivity index (χ2v) is 4.27. The summed E-state index contributed by atoms with van der Waals surface area (Å²) in [5, 5.41) is 1.71. The molecule has 0 saturated carbocycles. The highest BCUT2D eigenvalue weighted by atomic mass is 35.5. The molecule has 1 aromatic heterocycles. The Morgan fingerprint density at radius 3 is 2.79 bits per heavy atom. The lowest BCUT2D eigenvalue weighted by molar-refractivity contribution is 0.790. The van der Waals surface area contributed by atoms with Crippen LogP contribution in [0.1, 0.15) is 0 Å². The summed E-state index contributed by atoms with van der Waals surface area (Å²) >= 11 is 7.60. The topological polar surface area (TPSA) is 17.8 Å². The number of aryl methyl sites for hydroxylation is 1. The number of imidazole rings is 1. The van der Waals surface area contributed by atoms with Gasteiger partial charge in [0.05, 0.1) is 5.02 Å². The van der Waals surface area contributed by atoms with E-state index in [1.54, 1.807) is 18.0 Å². The van der Waals surface area contributed by atoms with Crippen molar-refractivity contribution >= 4 is 23.4 Å². The summed E-state index contributed by atoms with van der Waals surface area (Å²) in [7, 11) is 1.96. The average molecular weight is 225 g/mol. The normalized spacial score (nSPS) is 10.4. The van der Waals surface area contributed by atoms with Crippen molar-refractivity contribution in [3.63, 3.8) is 0 Å². The third-order valence-electron chi connectivity index (χ3n) is 1.81. The van der Waals surface area contributed by atoms with Crippen LogP contribution in [0.2, 0.25) is 5.02 Å². The molecule has 1 heterocycles. The molecule has 0 saturated heterocycles. The molecule has 0 radical (unpaired) electrons. The highest BCUT2D eigenvalue weighted by molar-refractivity contribution is 7.99. The molecular weight excluding hydrogens is 216 g/mol. The van der Waals surface area contributed by atoms with Crippen LogP contribution in [-0.2, 0) is 7.05 Å². The summed E-state index contributed by atoms with van der Waals surface area (Å²) in [5.74, 6) is 0. The van der Waals surface area contributed by atoms with Gasteiger partial charge in [0.2, 0.25) is 0 Å². The first kappa shape index (κ1) is 9.62. The van der Waals surface area contributed by atoms with Crippen LogP contribution in [0.5, 0.6) is 0 Å². The van der Waals surface area contributed by atoms with Gasteiger partial charge in [0, 0.05) is 24.3 Å². The second-order valence-electron chi connectivity index (χ2n) is 2.85. The maximum absolute atomic E-state index is 6.04. The first-order chi connectivity index (χ1) is 6.77. The van der Waals surface area contributed by atoms with Gasteiger partial charge in [0.1, 0.15) is 0 Å². The van der Waals surface area contributed by atoms with Crippen LogP contribution in [-0.4, -0.2) is 9.55 Å². The molecule has 0 N–H and O–H groups in total. The third kappa shape index (κ3) is 1.94. The van der Waals surface area contributed by atoms with Gasteiger partial charge in [-0.15, -0.1) is 0 Å². The summed E-state index contributed by atoms with van der Waals surface area (Å²) in [6, 6.07) is 7.76. The Bertz CT molecular complexity index is 439. The molecule has 0 aliphatic carbocycles. The molecule has 4 heteroatoms. The molecule has 0 spiro atoms. The van der Waals surface area contributed by atoms with Crippen molar-refractivity contribution in [2.45, 2.75) is 10.1 Å². The zero-order chi connectivity index (χ0) is 9.97. The van der Waals surface area contributed by atoms with Gasteiger partial charge in [0.25, 0.3) is 0 Å². The van der Waals surface area contributed by atoms with Gasteiger partial charge in [-0.05, 0) is 12.1 Å². The number of hydrogen-bond donors (Lipinski definition) is 0. The van der Waals surface area contributed by atoms with Gasteiger partial charge >= 0.3 is 0 Å². The highest BCUT2D eigenvalue weighted by Gasteiger charge is 2.04. The average Bonchev–Trinajstić information content (AvgIpc) is 2.56. The highest BCUT2D eigenvalue weighted by Crippen LogP contribution is 2.31. The molecule has 0 aliphatic heterocycles. The van der Waals surface area contributed by atoms with E-state index in [1.807, 2.05) is 42.1 Å². The molecule has 0 fully saturated rings. The van der Waals surface area contributed by atoms with Gasteiger partial charge in [-0.25, -0.2) is 4.98 Å². The predicted octanol–water partition coefficient (Wildman–Crippen LogP) is 3.22. The molecule has 0 amide bonds. The lowest BCUT2D eigenvalue weighted by Gasteiger charge is -2.02. The molecule has 1 aromatic carbocycles. The van der Waals surface area contributed by atoms with E-state index in [9.17, 15) is 0 Å². The van der Waals surface area contributed by atoms with Crippen molar-refractivity contribution in [2.24, 2.45) is 7.05 Å². The Morgan fingerprint density at radius 2 is 2.14 bits per heavy atom. The third-order valence-corrected chi connectivity index (χ3v) is 3.41. The molecule has 2 nitrogen and oxygen atoms in total. The minimum absolute atomic E-state index is 0.764. The molecule has 2 rings (SSSR count). The SMILES string of the molecule is Cn1ccnc1Sc1ccccc1Cl. The van der Waals surface area contributed by atoms with Crippen LogP contribution < -0.4 is 0 Å². The molecule has 0 atom stereocenters. The monoisotopic (exact) mass is 224 g/mol. The van der Waals surface area contributed by atoms with E-state index in [1.165, 1.54) is 0 Å². The van der Waals surface area contributed by atoms with E-state index >= 15 is 0 Å². The molecule has 0 unspecified atom stereocenters. The number of benzene rings is 1. The van der Waals surface area contributed by atoms with Crippen molar-refractivity contribution in [1.29, 1.82) is 0 Å². The predicted molar refractivity (Wildman–Crippen MR) is 58.8 cm³/mol. The van der Waals surface area contributed by atoms with Crippen molar-refractivity contribution in [2.75, 3.05) is 0 Å². The molecule has 14 heavy (non-hydrogen) atoms. The fraction of sp³-hybridized carbons (Fsp3) is 0.100. The quantitative estimate of drug-likeness (QED) is 0.780. The molecule has 0 bridgehead atoms. The van der Waals surface area contributed by atoms with Crippen molar-refractivity contribution < 1.29 is 0 Å². The van der Waals surface area contributed by atoms with Crippen LogP contribution in [0.25, 0.3) is 0 Å². The minimum Gasteiger partial charge on any atom is -0.329 e. The second kappa shape index (κ2) is 4.07. The number of halogens is 1. The molecule has 0 aliphatic rings. The zero-order valence-electron chi connectivity index (χ0n) is 7.64. The molecule has 2 aromatic rings. The Labute approximate surface area is 91.9 Å². The van der Waals surface area contributed by atoms with Gasteiger partial charge in [-0.2, -0.15) is 0 Å². The largest absolute Gasteiger partial charge is 0.329 e. The summed E-state index contributed by atoms with van der Waals surface area (Å²) in [6.45, 7) is 0. The van der Waals surface area contributed by atoms with Crippen LogP contribution in [0, 0.1) is 0 Å². The first-order valence-corrected chi connectivity index (χ1v) is 5.36. The smallest absolute Gasteiger partial charge is 0.172 e. The lowest BCUT2D eigenvalue weighted by Crippen LogP contribution is -1.88. The number of rotatable bonds is 2. The zero-order valence-corrected chi connectivity index (χ0v) is 9.22. The summed E-state index contributed by atoms with van der Waals surface area (Å²) in [5.41, 5.74) is 0. The Hall–Kier alpha value is -0.930. The molecular formula is C10H9ClN2S. The van der Waals surface area contributed by atoms with E-state index in [0.29, 0.717) is 0 Å². The van der Waals surface area contributed by atoms with Gasteiger partial charge in [-0.1, -0.05) is 35.5 Å². The maximum Gasteiger partial charge on any atom is 0.172 e. The number of hydrogen-bond acceptors (Lipinski definition) is 2. The van der Waals surface area contributed by atoms with Crippen LogP contribution in [0.4, 0.5) is 0 Å². The van der Waals surface area contributed by atoms with E-state index in [4.69, 9.17) is 11.6 Å².